The Labute approximate surface area is 107 Å². The van der Waals surface area contributed by atoms with Crippen molar-refractivity contribution in [1.82, 2.24) is 4.90 Å². The van der Waals surface area contributed by atoms with Crippen molar-refractivity contribution in [1.29, 1.82) is 0 Å². The third kappa shape index (κ3) is 4.02. The highest BCUT2D eigenvalue weighted by Gasteiger charge is 2.36. The van der Waals surface area contributed by atoms with Gasteiger partial charge in [0.1, 0.15) is 0 Å². The van der Waals surface area contributed by atoms with Crippen molar-refractivity contribution in [2.75, 3.05) is 6.61 Å². The molecular formula is C11H11NO7. The van der Waals surface area contributed by atoms with Gasteiger partial charge in [-0.25, -0.2) is 14.4 Å². The fraction of sp³-hybridized carbons (Fsp3) is 0.364. The van der Waals surface area contributed by atoms with E-state index in [0.717, 1.165) is 6.08 Å². The molecule has 0 unspecified atom stereocenters. The Morgan fingerprint density at radius 2 is 1.63 bits per heavy atom. The molecule has 3 amide bonds. The van der Waals surface area contributed by atoms with Crippen molar-refractivity contribution >= 4 is 29.8 Å². The van der Waals surface area contributed by atoms with Crippen LogP contribution in [-0.2, 0) is 28.7 Å². The maximum Gasteiger partial charge on any atom is 0.431 e. The summed E-state index contributed by atoms with van der Waals surface area (Å²) in [4.78, 5) is 55.9. The van der Waals surface area contributed by atoms with E-state index in [-0.39, 0.29) is 24.3 Å². The number of likely N-dealkylation sites (tertiary alicyclic amines) is 1. The molecule has 0 atom stereocenters. The molecule has 1 fully saturated rings. The molecule has 1 aliphatic rings. The predicted octanol–water partition coefficient (Wildman–Crippen LogP) is -0.0821. The Kier molecular flexibility index (Phi) is 4.92. The lowest BCUT2D eigenvalue weighted by molar-refractivity contribution is -0.141. The summed E-state index contributed by atoms with van der Waals surface area (Å²) >= 11 is 0. The third-order valence-corrected chi connectivity index (χ3v) is 2.06. The van der Waals surface area contributed by atoms with E-state index in [2.05, 4.69) is 9.47 Å². The number of amides is 3. The summed E-state index contributed by atoms with van der Waals surface area (Å²) in [5, 5.41) is 0. The van der Waals surface area contributed by atoms with Crippen LogP contribution in [0.1, 0.15) is 19.8 Å². The molecule has 0 aromatic carbocycles. The van der Waals surface area contributed by atoms with Gasteiger partial charge in [-0.3, -0.25) is 9.59 Å². The van der Waals surface area contributed by atoms with Gasteiger partial charge in [0.15, 0.2) is 0 Å². The second-order valence-electron chi connectivity index (χ2n) is 3.40. The highest BCUT2D eigenvalue weighted by atomic mass is 16.6. The molecule has 1 aliphatic heterocycles. The molecule has 0 bridgehead atoms. The first-order chi connectivity index (χ1) is 8.95. The maximum absolute atomic E-state index is 11.3. The van der Waals surface area contributed by atoms with Gasteiger partial charge in [0.05, 0.1) is 6.61 Å². The number of carbonyl (C=O) groups is 5. The summed E-state index contributed by atoms with van der Waals surface area (Å²) in [6, 6.07) is 0. The zero-order valence-electron chi connectivity index (χ0n) is 10.1. The van der Waals surface area contributed by atoms with Crippen molar-refractivity contribution in [3.63, 3.8) is 0 Å². The van der Waals surface area contributed by atoms with Gasteiger partial charge < -0.3 is 9.47 Å². The largest absolute Gasteiger partial charge is 0.463 e. The number of hydrogen-bond acceptors (Lipinski definition) is 7. The van der Waals surface area contributed by atoms with Crippen LogP contribution in [0.4, 0.5) is 4.79 Å². The number of rotatable bonds is 3. The first-order valence-corrected chi connectivity index (χ1v) is 5.42. The molecule has 0 saturated carbocycles. The molecule has 1 rings (SSSR count). The summed E-state index contributed by atoms with van der Waals surface area (Å²) < 4.78 is 8.71. The number of ether oxygens (including phenoxy) is 2. The Morgan fingerprint density at radius 1 is 1.11 bits per heavy atom. The average molecular weight is 269 g/mol. The van der Waals surface area contributed by atoms with Gasteiger partial charge in [0.2, 0.25) is 11.8 Å². The first kappa shape index (κ1) is 14.6. The molecule has 102 valence electrons. The summed E-state index contributed by atoms with van der Waals surface area (Å²) in [6.07, 6.45) is -0.124. The van der Waals surface area contributed by atoms with Crippen LogP contribution in [0.15, 0.2) is 12.2 Å². The van der Waals surface area contributed by atoms with E-state index in [1.54, 1.807) is 6.92 Å². The lowest BCUT2D eigenvalue weighted by atomic mass is 10.4. The second kappa shape index (κ2) is 6.43. The minimum atomic E-state index is -1.37. The molecule has 19 heavy (non-hydrogen) atoms. The number of nitrogens with zero attached hydrogens (tertiary/aromatic N) is 1. The summed E-state index contributed by atoms with van der Waals surface area (Å²) in [5.74, 6) is -3.40. The molecule has 8 heteroatoms. The zero-order valence-corrected chi connectivity index (χ0v) is 10.1. The van der Waals surface area contributed by atoms with E-state index in [1.165, 1.54) is 0 Å². The van der Waals surface area contributed by atoms with Crippen LogP contribution in [-0.4, -0.2) is 41.4 Å². The van der Waals surface area contributed by atoms with E-state index in [1.807, 2.05) is 0 Å². The Balaban J connectivity index is 2.53. The van der Waals surface area contributed by atoms with Gasteiger partial charge in [-0.05, 0) is 6.92 Å². The van der Waals surface area contributed by atoms with E-state index >= 15 is 0 Å². The fourth-order valence-electron chi connectivity index (χ4n) is 1.27. The summed E-state index contributed by atoms with van der Waals surface area (Å²) in [7, 11) is 0. The number of esters is 2. The van der Waals surface area contributed by atoms with Gasteiger partial charge in [0, 0.05) is 25.0 Å². The molecule has 0 N–H and O–H groups in total. The fourth-order valence-corrected chi connectivity index (χ4v) is 1.27. The first-order valence-electron chi connectivity index (χ1n) is 5.42. The van der Waals surface area contributed by atoms with E-state index in [9.17, 15) is 24.0 Å². The number of hydrogen-bond donors (Lipinski definition) is 0. The van der Waals surface area contributed by atoms with Crippen LogP contribution in [0, 0.1) is 0 Å². The number of carbonyl (C=O) groups excluding carboxylic acids is 5. The molecule has 0 aliphatic carbocycles. The molecule has 0 radical (unpaired) electrons. The molecule has 0 spiro atoms. The van der Waals surface area contributed by atoms with Crippen LogP contribution in [0.25, 0.3) is 0 Å². The molecule has 0 aromatic rings. The predicted molar refractivity (Wildman–Crippen MR) is 58.3 cm³/mol. The monoisotopic (exact) mass is 269 g/mol. The maximum atomic E-state index is 11.3. The summed E-state index contributed by atoms with van der Waals surface area (Å²) in [5.41, 5.74) is 0. The van der Waals surface area contributed by atoms with Gasteiger partial charge in [-0.1, -0.05) is 0 Å². The molecule has 8 nitrogen and oxygen atoms in total. The quantitative estimate of drug-likeness (QED) is 0.305. The van der Waals surface area contributed by atoms with E-state index < -0.39 is 29.8 Å². The standard InChI is InChI=1S/C11H11NO7/c1-2-18-9(15)5-6-10(16)19-11(17)12-7(13)3-4-8(12)14/h5-6H,2-4H2,1H3/b6-5+. The zero-order chi connectivity index (χ0) is 14.4. The third-order valence-electron chi connectivity index (χ3n) is 2.06. The molecule has 1 heterocycles. The SMILES string of the molecule is CCOC(=O)/C=C/C(=O)OC(=O)N1C(=O)CCC1=O. The Bertz CT molecular complexity index is 450. The Hall–Kier alpha value is -2.51. The molecule has 0 aromatic heterocycles. The van der Waals surface area contributed by atoms with E-state index in [4.69, 9.17) is 0 Å². The molecular weight excluding hydrogens is 258 g/mol. The van der Waals surface area contributed by atoms with Crippen LogP contribution in [0.3, 0.4) is 0 Å². The van der Waals surface area contributed by atoms with Gasteiger partial charge in [-0.15, -0.1) is 0 Å². The second-order valence-corrected chi connectivity index (χ2v) is 3.40. The van der Waals surface area contributed by atoms with Crippen molar-refractivity contribution in [3.8, 4) is 0 Å². The van der Waals surface area contributed by atoms with Crippen LogP contribution in [0.5, 0.6) is 0 Å². The van der Waals surface area contributed by atoms with Crippen molar-refractivity contribution in [2.24, 2.45) is 0 Å². The lowest BCUT2D eigenvalue weighted by Crippen LogP contribution is -2.36. The lowest BCUT2D eigenvalue weighted by Gasteiger charge is -2.09. The van der Waals surface area contributed by atoms with Gasteiger partial charge in [0.25, 0.3) is 0 Å². The Morgan fingerprint density at radius 3 is 2.16 bits per heavy atom. The van der Waals surface area contributed by atoms with Crippen molar-refractivity contribution in [2.45, 2.75) is 19.8 Å². The minimum absolute atomic E-state index is 0.0964. The summed E-state index contributed by atoms with van der Waals surface area (Å²) in [6.45, 7) is 1.71. The van der Waals surface area contributed by atoms with Gasteiger partial charge in [-0.2, -0.15) is 4.90 Å². The topological polar surface area (TPSA) is 107 Å². The molecule has 1 saturated heterocycles. The minimum Gasteiger partial charge on any atom is -0.463 e. The highest BCUT2D eigenvalue weighted by Crippen LogP contribution is 2.12. The normalized spacial score (nSPS) is 14.9. The highest BCUT2D eigenvalue weighted by molar-refractivity contribution is 6.15. The van der Waals surface area contributed by atoms with E-state index in [0.29, 0.717) is 6.08 Å². The van der Waals surface area contributed by atoms with Crippen LogP contribution in [0.2, 0.25) is 0 Å². The van der Waals surface area contributed by atoms with Crippen molar-refractivity contribution in [3.05, 3.63) is 12.2 Å². The van der Waals surface area contributed by atoms with Crippen molar-refractivity contribution < 1.29 is 33.4 Å². The van der Waals surface area contributed by atoms with Crippen LogP contribution >= 0.6 is 0 Å². The van der Waals surface area contributed by atoms with Crippen LogP contribution < -0.4 is 0 Å². The number of imide groups is 3. The average Bonchev–Trinajstić information content (AvgIpc) is 2.67. The van der Waals surface area contributed by atoms with Gasteiger partial charge >= 0.3 is 18.0 Å². The smallest absolute Gasteiger partial charge is 0.431 e.